The molecule has 0 radical (unpaired) electrons. The number of nitriles is 1. The number of esters is 2. The van der Waals surface area contributed by atoms with Gasteiger partial charge in [-0.05, 0) is 30.3 Å². The molecule has 0 bridgehead atoms. The number of carbonyl (C=O) groups excluding carboxylic acids is 2. The lowest BCUT2D eigenvalue weighted by atomic mass is 10.1. The van der Waals surface area contributed by atoms with E-state index < -0.39 is 22.0 Å². The molecule has 0 atom stereocenters. The Hall–Kier alpha value is -3.49. The van der Waals surface area contributed by atoms with E-state index in [1.165, 1.54) is 12.3 Å². The number of methoxy groups -OCH3 is 2. The molecular formula is C18H18N4O6S. The second kappa shape index (κ2) is 9.63. The fourth-order valence-electron chi connectivity index (χ4n) is 2.31. The smallest absolute Gasteiger partial charge is 0.337 e. The molecule has 0 fully saturated rings. The highest BCUT2D eigenvalue weighted by molar-refractivity contribution is 7.89. The van der Waals surface area contributed by atoms with Gasteiger partial charge in [0.15, 0.2) is 0 Å². The molecule has 0 spiro atoms. The van der Waals surface area contributed by atoms with Gasteiger partial charge in [0.2, 0.25) is 10.0 Å². The van der Waals surface area contributed by atoms with Crippen LogP contribution in [0.15, 0.2) is 41.4 Å². The average molecular weight is 418 g/mol. The van der Waals surface area contributed by atoms with Crippen molar-refractivity contribution in [3.8, 4) is 6.07 Å². The summed E-state index contributed by atoms with van der Waals surface area (Å²) in [6.45, 7) is 0.102. The van der Waals surface area contributed by atoms with Gasteiger partial charge in [-0.25, -0.2) is 27.7 Å². The zero-order valence-corrected chi connectivity index (χ0v) is 16.4. The van der Waals surface area contributed by atoms with E-state index in [1.807, 2.05) is 6.07 Å². The summed E-state index contributed by atoms with van der Waals surface area (Å²) in [6.07, 6.45) is 1.50. The number of sulfonamides is 1. The molecule has 1 aromatic heterocycles. The second-order valence-corrected chi connectivity index (χ2v) is 7.33. The van der Waals surface area contributed by atoms with Crippen molar-refractivity contribution in [3.05, 3.63) is 53.2 Å². The van der Waals surface area contributed by atoms with Crippen LogP contribution < -0.4 is 10.0 Å². The zero-order chi connectivity index (χ0) is 21.4. The van der Waals surface area contributed by atoms with E-state index in [1.54, 1.807) is 12.1 Å². The molecule has 2 aromatic rings. The summed E-state index contributed by atoms with van der Waals surface area (Å²) >= 11 is 0. The molecule has 1 aromatic carbocycles. The summed E-state index contributed by atoms with van der Waals surface area (Å²) in [7, 11) is -1.78. The first-order chi connectivity index (χ1) is 13.8. The fourth-order valence-corrected chi connectivity index (χ4v) is 3.41. The minimum Gasteiger partial charge on any atom is -0.465 e. The molecule has 0 saturated heterocycles. The van der Waals surface area contributed by atoms with Gasteiger partial charge in [-0.1, -0.05) is 0 Å². The Labute approximate surface area is 167 Å². The van der Waals surface area contributed by atoms with Gasteiger partial charge < -0.3 is 14.8 Å². The maximum absolute atomic E-state index is 12.6. The molecule has 0 aliphatic rings. The molecule has 1 heterocycles. The molecule has 11 heteroatoms. The van der Waals surface area contributed by atoms with Crippen molar-refractivity contribution in [2.45, 2.75) is 4.90 Å². The number of pyridine rings is 1. The monoisotopic (exact) mass is 418 g/mol. The number of rotatable bonds is 8. The van der Waals surface area contributed by atoms with Crippen LogP contribution in [0.5, 0.6) is 0 Å². The first-order valence-electron chi connectivity index (χ1n) is 8.22. The van der Waals surface area contributed by atoms with Crippen molar-refractivity contribution < 1.29 is 27.5 Å². The molecule has 0 amide bonds. The van der Waals surface area contributed by atoms with Gasteiger partial charge in [0.1, 0.15) is 11.9 Å². The number of hydrogen-bond donors (Lipinski definition) is 2. The third-order valence-electron chi connectivity index (χ3n) is 3.70. The van der Waals surface area contributed by atoms with Crippen LogP contribution in [0, 0.1) is 11.3 Å². The van der Waals surface area contributed by atoms with Crippen molar-refractivity contribution in [3.63, 3.8) is 0 Å². The van der Waals surface area contributed by atoms with Crippen molar-refractivity contribution >= 4 is 27.8 Å². The number of anilines is 1. The molecule has 2 N–H and O–H groups in total. The SMILES string of the molecule is COC(=O)c1cc(C(=O)OC)cc(S(=O)(=O)NCCNc2ncccc2C#N)c1. The minimum absolute atomic E-state index is 0.0419. The lowest BCUT2D eigenvalue weighted by molar-refractivity contribution is 0.0598. The van der Waals surface area contributed by atoms with Crippen LogP contribution in [0.1, 0.15) is 26.3 Å². The third-order valence-corrected chi connectivity index (χ3v) is 5.14. The maximum Gasteiger partial charge on any atom is 0.337 e. The quantitative estimate of drug-likeness (QED) is 0.471. The van der Waals surface area contributed by atoms with Gasteiger partial charge >= 0.3 is 11.9 Å². The first-order valence-corrected chi connectivity index (χ1v) is 9.71. The van der Waals surface area contributed by atoms with Crippen LogP contribution in [0.3, 0.4) is 0 Å². The highest BCUT2D eigenvalue weighted by atomic mass is 32.2. The van der Waals surface area contributed by atoms with Crippen molar-refractivity contribution in [1.82, 2.24) is 9.71 Å². The first kappa shape index (κ1) is 21.8. The normalized spacial score (nSPS) is 10.7. The summed E-state index contributed by atoms with van der Waals surface area (Å²) in [4.78, 5) is 27.3. The number of nitrogens with one attached hydrogen (secondary N) is 2. The van der Waals surface area contributed by atoms with E-state index in [0.29, 0.717) is 11.4 Å². The lowest BCUT2D eigenvalue weighted by Crippen LogP contribution is -2.29. The summed E-state index contributed by atoms with van der Waals surface area (Å²) in [5.41, 5.74) is 0.103. The molecule has 0 aliphatic heterocycles. The number of hydrogen-bond acceptors (Lipinski definition) is 9. The van der Waals surface area contributed by atoms with Crippen LogP contribution in [-0.2, 0) is 19.5 Å². The van der Waals surface area contributed by atoms with Crippen molar-refractivity contribution in [2.75, 3.05) is 32.6 Å². The van der Waals surface area contributed by atoms with Crippen LogP contribution in [0.25, 0.3) is 0 Å². The highest BCUT2D eigenvalue weighted by Gasteiger charge is 2.20. The molecule has 10 nitrogen and oxygen atoms in total. The zero-order valence-electron chi connectivity index (χ0n) is 15.6. The lowest BCUT2D eigenvalue weighted by Gasteiger charge is -2.11. The van der Waals surface area contributed by atoms with E-state index >= 15 is 0 Å². The Morgan fingerprint density at radius 1 is 1.10 bits per heavy atom. The van der Waals surface area contributed by atoms with Crippen LogP contribution in [0.2, 0.25) is 0 Å². The number of benzene rings is 1. The minimum atomic E-state index is -4.05. The van der Waals surface area contributed by atoms with Crippen molar-refractivity contribution in [2.24, 2.45) is 0 Å². The molecular weight excluding hydrogens is 400 g/mol. The maximum atomic E-state index is 12.6. The van der Waals surface area contributed by atoms with E-state index in [4.69, 9.17) is 5.26 Å². The van der Waals surface area contributed by atoms with E-state index in [2.05, 4.69) is 24.5 Å². The molecule has 0 aliphatic carbocycles. The van der Waals surface area contributed by atoms with E-state index in [0.717, 1.165) is 26.4 Å². The average Bonchev–Trinajstić information content (AvgIpc) is 2.75. The third kappa shape index (κ3) is 5.50. The van der Waals surface area contributed by atoms with Crippen LogP contribution in [0.4, 0.5) is 5.82 Å². The van der Waals surface area contributed by atoms with Gasteiger partial charge in [0, 0.05) is 19.3 Å². The molecule has 152 valence electrons. The standard InChI is InChI=1S/C18H18N4O6S/c1-27-17(23)13-8-14(18(24)28-2)10-15(9-13)29(25,26)22-7-6-21-16-12(11-19)4-3-5-20-16/h3-5,8-10,22H,6-7H2,1-2H3,(H,20,21). The van der Waals surface area contributed by atoms with Crippen LogP contribution >= 0.6 is 0 Å². The Balaban J connectivity index is 2.16. The number of carbonyl (C=O) groups is 2. The molecule has 29 heavy (non-hydrogen) atoms. The predicted molar refractivity (Wildman–Crippen MR) is 102 cm³/mol. The summed E-state index contributed by atoms with van der Waals surface area (Å²) < 4.78 is 36.7. The van der Waals surface area contributed by atoms with Gasteiger partial charge in [-0.3, -0.25) is 0 Å². The predicted octanol–water partition coefficient (Wildman–Crippen LogP) is 0.917. The number of ether oxygens (including phenoxy) is 2. The fraction of sp³-hybridized carbons (Fsp3) is 0.222. The number of aromatic nitrogens is 1. The van der Waals surface area contributed by atoms with Gasteiger partial charge in [-0.2, -0.15) is 5.26 Å². The number of nitrogens with zero attached hydrogens (tertiary/aromatic N) is 2. The highest BCUT2D eigenvalue weighted by Crippen LogP contribution is 2.17. The van der Waals surface area contributed by atoms with Crippen LogP contribution in [-0.4, -0.2) is 52.6 Å². The van der Waals surface area contributed by atoms with E-state index in [-0.39, 0.29) is 29.1 Å². The van der Waals surface area contributed by atoms with Gasteiger partial charge in [0.05, 0.1) is 35.8 Å². The van der Waals surface area contributed by atoms with E-state index in [9.17, 15) is 18.0 Å². The molecule has 0 saturated carbocycles. The summed E-state index contributed by atoms with van der Waals surface area (Å²) in [5.74, 6) is -1.27. The Bertz CT molecular complexity index is 1030. The second-order valence-electron chi connectivity index (χ2n) is 5.57. The molecule has 0 unspecified atom stereocenters. The molecule has 2 rings (SSSR count). The Kier molecular flexibility index (Phi) is 7.24. The summed E-state index contributed by atoms with van der Waals surface area (Å²) in [5, 5.41) is 11.9. The Morgan fingerprint density at radius 2 is 1.72 bits per heavy atom. The van der Waals surface area contributed by atoms with Crippen molar-refractivity contribution in [1.29, 1.82) is 5.26 Å². The Morgan fingerprint density at radius 3 is 2.28 bits per heavy atom. The van der Waals surface area contributed by atoms with Gasteiger partial charge in [0.25, 0.3) is 0 Å². The van der Waals surface area contributed by atoms with Gasteiger partial charge in [-0.15, -0.1) is 0 Å². The largest absolute Gasteiger partial charge is 0.465 e. The summed E-state index contributed by atoms with van der Waals surface area (Å²) in [6, 6.07) is 8.54. The topological polar surface area (TPSA) is 147 Å².